The number of carbonyl (C=O) groups excluding carboxylic acids is 2. The highest BCUT2D eigenvalue weighted by molar-refractivity contribution is 6.02. The van der Waals surface area contributed by atoms with E-state index in [0.717, 1.165) is 17.7 Å². The van der Waals surface area contributed by atoms with Gasteiger partial charge in [-0.3, -0.25) is 9.59 Å². The monoisotopic (exact) mass is 435 g/mol. The molecule has 0 atom stereocenters. The number of benzene rings is 2. The molecule has 2 aromatic carbocycles. The van der Waals surface area contributed by atoms with Crippen molar-refractivity contribution >= 4 is 17.5 Å². The van der Waals surface area contributed by atoms with E-state index in [2.05, 4.69) is 23.5 Å². The number of hydrogen-bond donors (Lipinski definition) is 1. The number of amides is 2. The molecule has 0 unspecified atom stereocenters. The molecule has 7 heteroatoms. The fraction of sp³-hybridized carbons (Fsp3) is 0.440. The zero-order valence-corrected chi connectivity index (χ0v) is 18.2. The lowest BCUT2D eigenvalue weighted by molar-refractivity contribution is -0.187. The first-order valence-corrected chi connectivity index (χ1v) is 11.4. The lowest BCUT2D eigenvalue weighted by atomic mass is 10.0. The summed E-state index contributed by atoms with van der Waals surface area (Å²) in [5, 5.41) is 3.34. The molecule has 1 spiro atoms. The average Bonchev–Trinajstić information content (AvgIpc) is 3.21. The van der Waals surface area contributed by atoms with Gasteiger partial charge in [-0.1, -0.05) is 36.4 Å². The summed E-state index contributed by atoms with van der Waals surface area (Å²) in [5.74, 6) is -0.618. The maximum Gasteiger partial charge on any atom is 0.256 e. The largest absolute Gasteiger partial charge is 0.383 e. The molecule has 32 heavy (non-hydrogen) atoms. The van der Waals surface area contributed by atoms with Gasteiger partial charge < -0.3 is 24.6 Å². The van der Waals surface area contributed by atoms with Gasteiger partial charge in [-0.25, -0.2) is 0 Å². The van der Waals surface area contributed by atoms with Gasteiger partial charge in [-0.2, -0.15) is 0 Å². The summed E-state index contributed by atoms with van der Waals surface area (Å²) in [4.78, 5) is 29.8. The second-order valence-electron chi connectivity index (χ2n) is 8.68. The average molecular weight is 436 g/mol. The SMILES string of the molecule is O=C(CN1CCNc2ccc(Cc3ccccc3)cc2C1=O)N1CCC2(CC1)OCCO2. The van der Waals surface area contributed by atoms with Gasteiger partial charge in [0.2, 0.25) is 5.91 Å². The summed E-state index contributed by atoms with van der Waals surface area (Å²) in [5.41, 5.74) is 3.74. The van der Waals surface area contributed by atoms with Crippen molar-refractivity contribution in [3.63, 3.8) is 0 Å². The van der Waals surface area contributed by atoms with Crippen LogP contribution < -0.4 is 5.32 Å². The number of nitrogens with zero attached hydrogens (tertiary/aromatic N) is 2. The Bertz CT molecular complexity index is 978. The summed E-state index contributed by atoms with van der Waals surface area (Å²) >= 11 is 0. The van der Waals surface area contributed by atoms with Crippen molar-refractivity contribution in [3.8, 4) is 0 Å². The third-order valence-electron chi connectivity index (χ3n) is 6.57. The summed E-state index contributed by atoms with van der Waals surface area (Å²) in [6, 6.07) is 16.2. The first-order valence-electron chi connectivity index (χ1n) is 11.4. The third-order valence-corrected chi connectivity index (χ3v) is 6.57. The van der Waals surface area contributed by atoms with Crippen LogP contribution in [-0.4, -0.2) is 73.3 Å². The summed E-state index contributed by atoms with van der Waals surface area (Å²) < 4.78 is 11.5. The maximum atomic E-state index is 13.3. The van der Waals surface area contributed by atoms with Crippen LogP contribution in [0.3, 0.4) is 0 Å². The van der Waals surface area contributed by atoms with Crippen molar-refractivity contribution in [2.45, 2.75) is 25.0 Å². The maximum absolute atomic E-state index is 13.3. The Kier molecular flexibility index (Phi) is 5.85. The van der Waals surface area contributed by atoms with E-state index in [1.807, 2.05) is 35.2 Å². The van der Waals surface area contributed by atoms with Crippen LogP contribution in [0.4, 0.5) is 5.69 Å². The van der Waals surface area contributed by atoms with Crippen LogP contribution >= 0.6 is 0 Å². The van der Waals surface area contributed by atoms with Gasteiger partial charge in [-0.05, 0) is 29.7 Å². The van der Waals surface area contributed by atoms with E-state index in [-0.39, 0.29) is 18.4 Å². The molecule has 3 heterocycles. The second kappa shape index (κ2) is 8.92. The lowest BCUT2D eigenvalue weighted by Gasteiger charge is -2.38. The van der Waals surface area contributed by atoms with Gasteiger partial charge in [0.25, 0.3) is 5.91 Å². The van der Waals surface area contributed by atoms with E-state index in [9.17, 15) is 9.59 Å². The Morgan fingerprint density at radius 2 is 1.72 bits per heavy atom. The van der Waals surface area contributed by atoms with Crippen molar-refractivity contribution in [1.29, 1.82) is 0 Å². The fourth-order valence-corrected chi connectivity index (χ4v) is 4.76. The van der Waals surface area contributed by atoms with Gasteiger partial charge in [0.05, 0.1) is 18.8 Å². The van der Waals surface area contributed by atoms with Crippen molar-refractivity contribution in [1.82, 2.24) is 9.80 Å². The van der Waals surface area contributed by atoms with E-state index >= 15 is 0 Å². The molecule has 0 aliphatic carbocycles. The van der Waals surface area contributed by atoms with E-state index in [0.29, 0.717) is 57.8 Å². The fourth-order valence-electron chi connectivity index (χ4n) is 4.76. The molecule has 0 saturated carbocycles. The van der Waals surface area contributed by atoms with Crippen LogP contribution in [-0.2, 0) is 20.7 Å². The van der Waals surface area contributed by atoms with Crippen LogP contribution in [0.15, 0.2) is 48.5 Å². The van der Waals surface area contributed by atoms with E-state index in [1.54, 1.807) is 4.90 Å². The predicted molar refractivity (Wildman–Crippen MR) is 121 cm³/mol. The van der Waals surface area contributed by atoms with Crippen LogP contribution in [0.25, 0.3) is 0 Å². The molecule has 2 aromatic rings. The Hall–Kier alpha value is -2.90. The number of anilines is 1. The Morgan fingerprint density at radius 1 is 0.969 bits per heavy atom. The standard InChI is InChI=1S/C25H29N3O4/c29-23(27-11-8-25(9-12-27)31-14-15-32-25)18-28-13-10-26-22-7-6-20(17-21(22)24(28)30)16-19-4-2-1-3-5-19/h1-7,17,26H,8-16,18H2. The van der Waals surface area contributed by atoms with Crippen LogP contribution in [0, 0.1) is 0 Å². The minimum Gasteiger partial charge on any atom is -0.383 e. The number of carbonyl (C=O) groups is 2. The summed E-state index contributed by atoms with van der Waals surface area (Å²) in [7, 11) is 0. The number of nitrogens with one attached hydrogen (secondary N) is 1. The number of hydrogen-bond acceptors (Lipinski definition) is 5. The van der Waals surface area contributed by atoms with Crippen molar-refractivity contribution < 1.29 is 19.1 Å². The minimum atomic E-state index is -0.507. The molecule has 3 aliphatic rings. The minimum absolute atomic E-state index is 0.0184. The van der Waals surface area contributed by atoms with Gasteiger partial charge >= 0.3 is 0 Å². The number of likely N-dealkylation sites (tertiary alicyclic amines) is 1. The molecule has 5 rings (SSSR count). The number of rotatable bonds is 4. The van der Waals surface area contributed by atoms with Gasteiger partial charge in [-0.15, -0.1) is 0 Å². The van der Waals surface area contributed by atoms with Gasteiger partial charge in [0, 0.05) is 44.7 Å². The molecule has 168 valence electrons. The topological polar surface area (TPSA) is 71.1 Å². The number of fused-ring (bicyclic) bond motifs is 1. The zero-order valence-electron chi connectivity index (χ0n) is 18.2. The highest BCUT2D eigenvalue weighted by atomic mass is 16.7. The smallest absolute Gasteiger partial charge is 0.256 e. The van der Waals surface area contributed by atoms with Crippen LogP contribution in [0.1, 0.15) is 34.3 Å². The van der Waals surface area contributed by atoms with Crippen molar-refractivity contribution in [3.05, 3.63) is 65.2 Å². The quantitative estimate of drug-likeness (QED) is 0.799. The number of piperidine rings is 1. The molecule has 0 aromatic heterocycles. The first-order chi connectivity index (χ1) is 15.6. The zero-order chi connectivity index (χ0) is 22.0. The highest BCUT2D eigenvalue weighted by Gasteiger charge is 2.41. The Morgan fingerprint density at radius 3 is 2.47 bits per heavy atom. The predicted octanol–water partition coefficient (Wildman–Crippen LogP) is 2.51. The normalized spacial score (nSPS) is 20.1. The molecular weight excluding hydrogens is 406 g/mol. The highest BCUT2D eigenvalue weighted by Crippen LogP contribution is 2.31. The van der Waals surface area contributed by atoms with E-state index in [4.69, 9.17) is 9.47 Å². The first kappa shape index (κ1) is 21.0. The third kappa shape index (κ3) is 4.36. The molecule has 1 N–H and O–H groups in total. The van der Waals surface area contributed by atoms with E-state index < -0.39 is 5.79 Å². The molecule has 2 fully saturated rings. The Balaban J connectivity index is 1.26. The van der Waals surface area contributed by atoms with Gasteiger partial charge in [0.1, 0.15) is 6.54 Å². The van der Waals surface area contributed by atoms with Crippen LogP contribution in [0.2, 0.25) is 0 Å². The van der Waals surface area contributed by atoms with Gasteiger partial charge in [0.15, 0.2) is 5.79 Å². The molecule has 0 radical (unpaired) electrons. The summed E-state index contributed by atoms with van der Waals surface area (Å²) in [6.07, 6.45) is 2.12. The molecule has 0 bridgehead atoms. The lowest BCUT2D eigenvalue weighted by Crippen LogP contribution is -2.50. The summed E-state index contributed by atoms with van der Waals surface area (Å²) in [6.45, 7) is 3.64. The van der Waals surface area contributed by atoms with Crippen molar-refractivity contribution in [2.24, 2.45) is 0 Å². The number of ether oxygens (including phenoxy) is 2. The Labute approximate surface area is 188 Å². The van der Waals surface area contributed by atoms with E-state index in [1.165, 1.54) is 5.56 Å². The van der Waals surface area contributed by atoms with Crippen LogP contribution in [0.5, 0.6) is 0 Å². The molecular formula is C25H29N3O4. The van der Waals surface area contributed by atoms with Crippen molar-refractivity contribution in [2.75, 3.05) is 51.3 Å². The molecule has 7 nitrogen and oxygen atoms in total. The molecule has 3 aliphatic heterocycles. The second-order valence-corrected chi connectivity index (χ2v) is 8.68. The molecule has 2 saturated heterocycles. The molecule has 2 amide bonds.